The van der Waals surface area contributed by atoms with Crippen molar-refractivity contribution in [2.24, 2.45) is 5.10 Å². The highest BCUT2D eigenvalue weighted by molar-refractivity contribution is 6.01. The Bertz CT molecular complexity index is 768. The van der Waals surface area contributed by atoms with Crippen molar-refractivity contribution < 1.29 is 4.79 Å². The maximum absolute atomic E-state index is 12.4. The monoisotopic (exact) mass is 310 g/mol. The third-order valence-electron chi connectivity index (χ3n) is 3.60. The number of para-hydroxylation sites is 1. The number of amidine groups is 1. The summed E-state index contributed by atoms with van der Waals surface area (Å²) >= 11 is 0. The molecule has 0 N–H and O–H groups in total. The number of carbonyl (C=O) groups excluding carboxylic acids is 1. The molecule has 0 saturated heterocycles. The fraction of sp³-hybridized carbons (Fsp3) is 0.353. The van der Waals surface area contributed by atoms with Gasteiger partial charge in [-0.15, -0.1) is 10.5 Å². The second-order valence-corrected chi connectivity index (χ2v) is 6.07. The molecule has 0 aliphatic carbocycles. The normalized spacial score (nSPS) is 15.4. The summed E-state index contributed by atoms with van der Waals surface area (Å²) in [5.74, 6) is 0.456. The standard InChI is InChI=1S/C17H20N5O/c1-11(2)21-17(23)22(12(3)4)20-16(19-21)15-10-9-13-7-5-6-8-14(13)18-15/h5-12H,1-4H3. The number of rotatable bonds is 3. The zero-order valence-electron chi connectivity index (χ0n) is 13.8. The molecular weight excluding hydrogens is 290 g/mol. The van der Waals surface area contributed by atoms with Gasteiger partial charge in [-0.2, -0.15) is 0 Å². The van der Waals surface area contributed by atoms with Crippen LogP contribution in [0.3, 0.4) is 0 Å². The number of pyridine rings is 1. The summed E-state index contributed by atoms with van der Waals surface area (Å²) in [6.45, 7) is 7.71. The molecule has 23 heavy (non-hydrogen) atoms. The summed E-state index contributed by atoms with van der Waals surface area (Å²) in [7, 11) is 0. The average molecular weight is 310 g/mol. The topological polar surface area (TPSA) is 62.9 Å². The largest absolute Gasteiger partial charge is 0.361 e. The van der Waals surface area contributed by atoms with Gasteiger partial charge < -0.3 is 0 Å². The summed E-state index contributed by atoms with van der Waals surface area (Å²) in [5.41, 5.74) is 5.94. The Morgan fingerprint density at radius 3 is 2.30 bits per heavy atom. The molecule has 1 aliphatic rings. The SMILES string of the molecule is CC(C)N1[N]C(c2ccc3ccccc3n2)=NN(C(C)C)C1=O. The number of nitrogens with zero attached hydrogens (tertiary/aromatic N) is 5. The molecule has 6 heteroatoms. The second kappa shape index (κ2) is 5.87. The van der Waals surface area contributed by atoms with E-state index in [2.05, 4.69) is 15.5 Å². The summed E-state index contributed by atoms with van der Waals surface area (Å²) in [6, 6.07) is 11.5. The zero-order chi connectivity index (χ0) is 16.6. The van der Waals surface area contributed by atoms with Crippen LogP contribution in [-0.4, -0.2) is 39.0 Å². The van der Waals surface area contributed by atoms with Crippen LogP contribution in [0.15, 0.2) is 41.5 Å². The fourth-order valence-electron chi connectivity index (χ4n) is 2.38. The Balaban J connectivity index is 2.04. The molecule has 0 saturated carbocycles. The number of hydrogen-bond acceptors (Lipinski definition) is 3. The van der Waals surface area contributed by atoms with Gasteiger partial charge in [0, 0.05) is 5.39 Å². The van der Waals surface area contributed by atoms with Crippen molar-refractivity contribution in [1.29, 1.82) is 0 Å². The third kappa shape index (κ3) is 2.84. The number of benzene rings is 1. The van der Waals surface area contributed by atoms with E-state index in [4.69, 9.17) is 0 Å². The molecule has 3 rings (SSSR count). The van der Waals surface area contributed by atoms with Crippen molar-refractivity contribution in [2.45, 2.75) is 39.8 Å². The van der Waals surface area contributed by atoms with E-state index in [1.165, 1.54) is 10.0 Å². The molecule has 1 aromatic carbocycles. The Morgan fingerprint density at radius 2 is 1.61 bits per heavy atom. The van der Waals surface area contributed by atoms with E-state index in [9.17, 15) is 4.79 Å². The Hall–Kier alpha value is -2.63. The Labute approximate surface area is 135 Å². The molecule has 1 aliphatic heterocycles. The fourth-order valence-corrected chi connectivity index (χ4v) is 2.38. The predicted octanol–water partition coefficient (Wildman–Crippen LogP) is 2.97. The zero-order valence-corrected chi connectivity index (χ0v) is 13.8. The molecular formula is C17H20N5O. The molecule has 0 spiro atoms. The summed E-state index contributed by atoms with van der Waals surface area (Å²) in [5, 5.41) is 8.38. The average Bonchev–Trinajstić information content (AvgIpc) is 2.54. The smallest absolute Gasteiger partial charge is 0.244 e. The van der Waals surface area contributed by atoms with E-state index in [1.807, 2.05) is 64.1 Å². The number of fused-ring (bicyclic) bond motifs is 1. The molecule has 0 fully saturated rings. The minimum absolute atomic E-state index is 0.0466. The van der Waals surface area contributed by atoms with Crippen LogP contribution in [0.25, 0.3) is 10.9 Å². The summed E-state index contributed by atoms with van der Waals surface area (Å²) in [6.07, 6.45) is 0. The first-order valence-corrected chi connectivity index (χ1v) is 7.76. The minimum Gasteiger partial charge on any atom is -0.244 e. The number of amides is 2. The van der Waals surface area contributed by atoms with Gasteiger partial charge in [0.05, 0.1) is 17.6 Å². The van der Waals surface area contributed by atoms with Gasteiger partial charge in [0.25, 0.3) is 0 Å². The van der Waals surface area contributed by atoms with Gasteiger partial charge in [-0.3, -0.25) is 0 Å². The quantitative estimate of drug-likeness (QED) is 0.875. The lowest BCUT2D eigenvalue weighted by Crippen LogP contribution is -2.56. The highest BCUT2D eigenvalue weighted by Crippen LogP contribution is 2.17. The van der Waals surface area contributed by atoms with Gasteiger partial charge in [-0.05, 0) is 39.8 Å². The molecule has 1 aromatic heterocycles. The van der Waals surface area contributed by atoms with E-state index in [1.54, 1.807) is 0 Å². The van der Waals surface area contributed by atoms with E-state index < -0.39 is 0 Å². The lowest BCUT2D eigenvalue weighted by atomic mass is 10.2. The van der Waals surface area contributed by atoms with Gasteiger partial charge in [-0.1, -0.05) is 24.3 Å². The van der Waals surface area contributed by atoms with Crippen LogP contribution in [0.2, 0.25) is 0 Å². The van der Waals surface area contributed by atoms with Crippen LogP contribution in [0.4, 0.5) is 4.79 Å². The van der Waals surface area contributed by atoms with Crippen LogP contribution in [-0.2, 0) is 0 Å². The molecule has 0 bridgehead atoms. The van der Waals surface area contributed by atoms with Gasteiger partial charge in [0.1, 0.15) is 5.69 Å². The van der Waals surface area contributed by atoms with Crippen LogP contribution in [0.1, 0.15) is 33.4 Å². The first kappa shape index (κ1) is 15.3. The van der Waals surface area contributed by atoms with E-state index >= 15 is 0 Å². The van der Waals surface area contributed by atoms with Gasteiger partial charge in [0.15, 0.2) is 0 Å². The van der Waals surface area contributed by atoms with Crippen molar-refractivity contribution in [3.05, 3.63) is 42.1 Å². The number of carbonyl (C=O) groups is 1. The molecule has 6 nitrogen and oxygen atoms in total. The van der Waals surface area contributed by atoms with Crippen molar-refractivity contribution in [3.8, 4) is 0 Å². The Morgan fingerprint density at radius 1 is 0.913 bits per heavy atom. The van der Waals surface area contributed by atoms with Crippen molar-refractivity contribution >= 4 is 22.8 Å². The third-order valence-corrected chi connectivity index (χ3v) is 3.60. The molecule has 0 atom stereocenters. The first-order chi connectivity index (χ1) is 11.0. The number of hydrazone groups is 1. The highest BCUT2D eigenvalue weighted by atomic mass is 16.2. The second-order valence-electron chi connectivity index (χ2n) is 6.07. The van der Waals surface area contributed by atoms with Crippen LogP contribution in [0, 0.1) is 0 Å². The first-order valence-electron chi connectivity index (χ1n) is 7.76. The van der Waals surface area contributed by atoms with Crippen molar-refractivity contribution in [3.63, 3.8) is 0 Å². The van der Waals surface area contributed by atoms with Crippen molar-refractivity contribution in [2.75, 3.05) is 0 Å². The van der Waals surface area contributed by atoms with Crippen molar-refractivity contribution in [1.82, 2.24) is 20.4 Å². The van der Waals surface area contributed by atoms with E-state index in [0.717, 1.165) is 10.9 Å². The molecule has 2 aromatic rings. The van der Waals surface area contributed by atoms with E-state index in [0.29, 0.717) is 11.5 Å². The Kier molecular flexibility index (Phi) is 3.90. The number of aromatic nitrogens is 1. The highest BCUT2D eigenvalue weighted by Gasteiger charge is 2.33. The molecule has 1 radical (unpaired) electrons. The number of urea groups is 1. The molecule has 119 valence electrons. The molecule has 2 amide bonds. The molecule has 0 unspecified atom stereocenters. The number of hydrogen-bond donors (Lipinski definition) is 0. The van der Waals surface area contributed by atoms with E-state index in [-0.39, 0.29) is 18.1 Å². The minimum atomic E-state index is -0.209. The summed E-state index contributed by atoms with van der Waals surface area (Å²) in [4.78, 5) is 17.1. The van der Waals surface area contributed by atoms with Gasteiger partial charge in [0.2, 0.25) is 5.84 Å². The van der Waals surface area contributed by atoms with Gasteiger partial charge in [-0.25, -0.2) is 19.8 Å². The maximum Gasteiger partial charge on any atom is 0.361 e. The summed E-state index contributed by atoms with van der Waals surface area (Å²) < 4.78 is 0. The van der Waals surface area contributed by atoms with Crippen LogP contribution in [0.5, 0.6) is 0 Å². The lowest BCUT2D eigenvalue weighted by Gasteiger charge is -2.35. The molecule has 2 heterocycles. The van der Waals surface area contributed by atoms with Gasteiger partial charge >= 0.3 is 6.03 Å². The maximum atomic E-state index is 12.4. The predicted molar refractivity (Wildman–Crippen MR) is 89.8 cm³/mol. The van der Waals surface area contributed by atoms with Crippen LogP contribution < -0.4 is 5.43 Å². The lowest BCUT2D eigenvalue weighted by molar-refractivity contribution is 0.103. The van der Waals surface area contributed by atoms with Crippen LogP contribution >= 0.6 is 0 Å².